The van der Waals surface area contributed by atoms with Gasteiger partial charge in [-0.3, -0.25) is 0 Å². The summed E-state index contributed by atoms with van der Waals surface area (Å²) in [6.45, 7) is 3.37. The van der Waals surface area contributed by atoms with Crippen molar-refractivity contribution in [1.82, 2.24) is 25.6 Å². The highest BCUT2D eigenvalue weighted by atomic mass is 32.1. The highest BCUT2D eigenvalue weighted by Gasteiger charge is 2.33. The normalized spacial score (nSPS) is 12.2. The van der Waals surface area contributed by atoms with E-state index in [4.69, 9.17) is 0 Å². The average molecular weight is 422 g/mol. The number of aliphatic imine (C=N–C) groups is 1. The molecule has 0 radical (unpaired) electrons. The lowest BCUT2D eigenvalue weighted by Gasteiger charge is -2.10. The third-order valence-electron chi connectivity index (χ3n) is 3.92. The van der Waals surface area contributed by atoms with Crippen molar-refractivity contribution < 1.29 is 13.2 Å². The molecule has 0 aliphatic rings. The Balaban J connectivity index is 1.55. The lowest BCUT2D eigenvalue weighted by Crippen LogP contribution is -2.38. The fourth-order valence-corrected chi connectivity index (χ4v) is 3.35. The van der Waals surface area contributed by atoms with Crippen molar-refractivity contribution in [3.05, 3.63) is 58.4 Å². The smallest absolute Gasteiger partial charge is 0.357 e. The third kappa shape index (κ3) is 6.05. The van der Waals surface area contributed by atoms with E-state index in [2.05, 4.69) is 30.6 Å². The number of aromatic amines is 1. The number of alkyl halides is 3. The van der Waals surface area contributed by atoms with E-state index >= 15 is 0 Å². The van der Waals surface area contributed by atoms with Gasteiger partial charge in [0.1, 0.15) is 12.4 Å². The van der Waals surface area contributed by atoms with E-state index in [1.807, 2.05) is 37.3 Å². The Kier molecular flexibility index (Phi) is 6.86. The average Bonchev–Trinajstić information content (AvgIpc) is 3.36. The first-order valence-electron chi connectivity index (χ1n) is 9.08. The number of guanidine groups is 1. The number of nitrogens with one attached hydrogen (secondary N) is 3. The van der Waals surface area contributed by atoms with Gasteiger partial charge in [0, 0.05) is 24.9 Å². The largest absolute Gasteiger partial charge is 0.434 e. The number of aromatic nitrogens is 3. The van der Waals surface area contributed by atoms with Crippen molar-refractivity contribution in [2.75, 3.05) is 13.1 Å². The molecule has 154 valence electrons. The highest BCUT2D eigenvalue weighted by molar-refractivity contribution is 7.09. The van der Waals surface area contributed by atoms with Crippen LogP contribution in [0, 0.1) is 0 Å². The van der Waals surface area contributed by atoms with Crippen molar-refractivity contribution in [2.24, 2.45) is 4.99 Å². The summed E-state index contributed by atoms with van der Waals surface area (Å²) in [7, 11) is 0. The maximum absolute atomic E-state index is 12.6. The summed E-state index contributed by atoms with van der Waals surface area (Å²) in [4.78, 5) is 15.7. The first-order chi connectivity index (χ1) is 14.0. The molecule has 10 heteroatoms. The van der Waals surface area contributed by atoms with Gasteiger partial charge in [-0.25, -0.2) is 15.0 Å². The minimum Gasteiger partial charge on any atom is -0.357 e. The molecule has 0 fully saturated rings. The summed E-state index contributed by atoms with van der Waals surface area (Å²) in [5.41, 5.74) is 1.12. The van der Waals surface area contributed by atoms with Gasteiger partial charge < -0.3 is 15.6 Å². The molecule has 0 atom stereocenters. The Labute approximate surface area is 170 Å². The monoisotopic (exact) mass is 422 g/mol. The summed E-state index contributed by atoms with van der Waals surface area (Å²) >= 11 is 1.01. The number of imidazole rings is 1. The Bertz CT molecular complexity index is 933. The van der Waals surface area contributed by atoms with Gasteiger partial charge in [-0.1, -0.05) is 30.3 Å². The second-order valence-corrected chi connectivity index (χ2v) is 7.05. The van der Waals surface area contributed by atoms with E-state index in [9.17, 15) is 13.2 Å². The molecule has 0 spiro atoms. The van der Waals surface area contributed by atoms with Crippen molar-refractivity contribution in [2.45, 2.75) is 26.1 Å². The third-order valence-corrected chi connectivity index (χ3v) is 4.83. The molecule has 2 heterocycles. The molecule has 0 bridgehead atoms. The summed E-state index contributed by atoms with van der Waals surface area (Å²) < 4.78 is 37.8. The lowest BCUT2D eigenvalue weighted by molar-refractivity contribution is -0.140. The van der Waals surface area contributed by atoms with Crippen molar-refractivity contribution in [3.63, 3.8) is 0 Å². The molecule has 0 amide bonds. The number of H-pyrrole nitrogens is 1. The molecular weight excluding hydrogens is 401 g/mol. The van der Waals surface area contributed by atoms with Gasteiger partial charge in [-0.15, -0.1) is 11.3 Å². The molecule has 3 rings (SSSR count). The molecule has 29 heavy (non-hydrogen) atoms. The number of hydrogen-bond acceptors (Lipinski definition) is 4. The summed E-state index contributed by atoms with van der Waals surface area (Å²) in [5.74, 6) is 1.29. The summed E-state index contributed by atoms with van der Waals surface area (Å²) in [6.07, 6.45) is -2.26. The first-order valence-corrected chi connectivity index (χ1v) is 9.96. The van der Waals surface area contributed by atoms with E-state index in [1.165, 1.54) is 0 Å². The van der Waals surface area contributed by atoms with Crippen LogP contribution in [-0.4, -0.2) is 34.0 Å². The number of rotatable bonds is 7. The summed E-state index contributed by atoms with van der Waals surface area (Å²) in [5, 5.41) is 7.68. The molecule has 1 aromatic carbocycles. The van der Waals surface area contributed by atoms with Gasteiger partial charge in [-0.2, -0.15) is 13.2 Å². The maximum Gasteiger partial charge on any atom is 0.434 e. The minimum absolute atomic E-state index is 0.345. The van der Waals surface area contributed by atoms with Crippen LogP contribution in [0.15, 0.2) is 46.9 Å². The SMILES string of the molecule is CCNC(=NCc1ncc(-c2ccccc2)[nH]1)NCCc1nc(C(F)(F)F)cs1. The van der Waals surface area contributed by atoms with Gasteiger partial charge in [0.25, 0.3) is 0 Å². The quantitative estimate of drug-likeness (QED) is 0.399. The van der Waals surface area contributed by atoms with Crippen molar-refractivity contribution in [3.8, 4) is 11.3 Å². The van der Waals surface area contributed by atoms with Crippen LogP contribution in [0.5, 0.6) is 0 Å². The Morgan fingerprint density at radius 3 is 2.69 bits per heavy atom. The fraction of sp³-hybridized carbons (Fsp3) is 0.316. The van der Waals surface area contributed by atoms with Gasteiger partial charge in [0.2, 0.25) is 0 Å². The van der Waals surface area contributed by atoms with Crippen molar-refractivity contribution >= 4 is 17.3 Å². The maximum atomic E-state index is 12.6. The van der Waals surface area contributed by atoms with Crippen molar-refractivity contribution in [1.29, 1.82) is 0 Å². The molecule has 0 saturated heterocycles. The first kappa shape index (κ1) is 20.8. The minimum atomic E-state index is -4.40. The van der Waals surface area contributed by atoms with E-state index in [1.54, 1.807) is 6.20 Å². The standard InChI is InChI=1S/C19H21F3N6S/c1-2-23-18(24-9-8-17-28-15(12-29-17)19(20,21)22)26-11-16-25-10-14(27-16)13-6-4-3-5-7-13/h3-7,10,12H,2,8-9,11H2,1H3,(H,25,27)(H2,23,24,26). The van der Waals surface area contributed by atoms with Crippen LogP contribution in [0.1, 0.15) is 23.4 Å². The van der Waals surface area contributed by atoms with Gasteiger partial charge >= 0.3 is 6.18 Å². The Morgan fingerprint density at radius 2 is 2.00 bits per heavy atom. The molecule has 0 aliphatic carbocycles. The van der Waals surface area contributed by atoms with Crippen LogP contribution in [-0.2, 0) is 19.1 Å². The predicted octanol–water partition coefficient (Wildman–Crippen LogP) is 3.85. The number of thiazole rings is 1. The Hall–Kier alpha value is -2.88. The molecule has 0 saturated carbocycles. The van der Waals surface area contributed by atoms with Gasteiger partial charge in [0.15, 0.2) is 11.7 Å². The molecule has 0 aliphatic heterocycles. The zero-order chi connectivity index (χ0) is 20.7. The topological polar surface area (TPSA) is 78.0 Å². The number of benzene rings is 1. The van der Waals surface area contributed by atoms with E-state index in [0.717, 1.165) is 33.8 Å². The van der Waals surface area contributed by atoms with E-state index < -0.39 is 11.9 Å². The van der Waals surface area contributed by atoms with Crippen LogP contribution >= 0.6 is 11.3 Å². The zero-order valence-electron chi connectivity index (χ0n) is 15.8. The van der Waals surface area contributed by atoms with E-state index in [0.29, 0.717) is 37.0 Å². The fourth-order valence-electron chi connectivity index (χ4n) is 2.55. The van der Waals surface area contributed by atoms with Crippen LogP contribution in [0.2, 0.25) is 0 Å². The zero-order valence-corrected chi connectivity index (χ0v) is 16.6. The number of halogens is 3. The van der Waals surface area contributed by atoms with Crippen LogP contribution in [0.25, 0.3) is 11.3 Å². The van der Waals surface area contributed by atoms with Crippen LogP contribution in [0.4, 0.5) is 13.2 Å². The Morgan fingerprint density at radius 1 is 1.21 bits per heavy atom. The molecule has 6 nitrogen and oxygen atoms in total. The lowest BCUT2D eigenvalue weighted by atomic mass is 10.2. The molecular formula is C19H21F3N6S. The molecule has 0 unspecified atom stereocenters. The second-order valence-electron chi connectivity index (χ2n) is 6.11. The van der Waals surface area contributed by atoms with E-state index in [-0.39, 0.29) is 0 Å². The van der Waals surface area contributed by atoms with Crippen LogP contribution in [0.3, 0.4) is 0 Å². The predicted molar refractivity (Wildman–Crippen MR) is 108 cm³/mol. The summed E-state index contributed by atoms with van der Waals surface area (Å²) in [6, 6.07) is 9.86. The molecule has 3 aromatic rings. The molecule has 3 N–H and O–H groups in total. The molecule has 2 aromatic heterocycles. The second kappa shape index (κ2) is 9.55. The number of hydrogen-bond donors (Lipinski definition) is 3. The highest BCUT2D eigenvalue weighted by Crippen LogP contribution is 2.30. The van der Waals surface area contributed by atoms with Gasteiger partial charge in [0.05, 0.1) is 16.9 Å². The van der Waals surface area contributed by atoms with Gasteiger partial charge in [-0.05, 0) is 12.5 Å². The number of nitrogens with zero attached hydrogens (tertiary/aromatic N) is 3. The van der Waals surface area contributed by atoms with Crippen LogP contribution < -0.4 is 10.6 Å².